The molecule has 0 saturated carbocycles. The maximum Gasteiger partial charge on any atom is 0.293 e. The van der Waals surface area contributed by atoms with E-state index in [1.165, 1.54) is 6.07 Å². The van der Waals surface area contributed by atoms with Crippen LogP contribution in [0, 0.1) is 25.0 Å². The number of nitrogens with zero attached hydrogens (tertiary/aromatic N) is 3. The van der Waals surface area contributed by atoms with Crippen molar-refractivity contribution in [3.05, 3.63) is 31.9 Å². The Morgan fingerprint density at radius 2 is 2.31 bits per heavy atom. The highest BCUT2D eigenvalue weighted by Gasteiger charge is 2.16. The quantitative estimate of drug-likeness (QED) is 0.483. The average molecular weight is 331 g/mol. The number of nitro benzene ring substituents is 1. The molecule has 1 rings (SSSR count). The molecule has 0 amide bonds. The number of rotatable bonds is 4. The third-order valence-corrected chi connectivity index (χ3v) is 2.78. The first kappa shape index (κ1) is 12.7. The summed E-state index contributed by atoms with van der Waals surface area (Å²) in [5.41, 5.74) is 0.619. The van der Waals surface area contributed by atoms with Gasteiger partial charge >= 0.3 is 0 Å². The Labute approximate surface area is 107 Å². The molecule has 0 aliphatic carbocycles. The molecule has 16 heavy (non-hydrogen) atoms. The van der Waals surface area contributed by atoms with Crippen LogP contribution in [-0.4, -0.2) is 18.5 Å². The number of benzene rings is 1. The van der Waals surface area contributed by atoms with Crippen LogP contribution in [0.2, 0.25) is 0 Å². The van der Waals surface area contributed by atoms with Crippen molar-refractivity contribution < 1.29 is 4.92 Å². The van der Waals surface area contributed by atoms with E-state index in [9.17, 15) is 10.1 Å². The molecule has 0 aliphatic heterocycles. The standard InChI is InChI=1S/C10H10IN3O2/c1-13(6-2-5-12)9-4-3-8(11)7-10(9)14(15)16/h3-4,7H,2,6H2,1H3. The van der Waals surface area contributed by atoms with Gasteiger partial charge < -0.3 is 4.90 Å². The molecule has 6 heteroatoms. The molecule has 0 N–H and O–H groups in total. The Morgan fingerprint density at radius 1 is 1.62 bits per heavy atom. The largest absolute Gasteiger partial charge is 0.368 e. The van der Waals surface area contributed by atoms with E-state index < -0.39 is 4.92 Å². The molecular formula is C10H10IN3O2. The molecule has 84 valence electrons. The summed E-state index contributed by atoms with van der Waals surface area (Å²) in [6.07, 6.45) is 0.347. The predicted octanol–water partition coefficient (Wildman–Crippen LogP) is 2.55. The Hall–Kier alpha value is -1.36. The third kappa shape index (κ3) is 3.06. The molecule has 0 atom stereocenters. The van der Waals surface area contributed by atoms with E-state index in [1.54, 1.807) is 18.0 Å². The van der Waals surface area contributed by atoms with Crippen molar-refractivity contribution in [2.45, 2.75) is 6.42 Å². The fraction of sp³-hybridized carbons (Fsp3) is 0.300. The number of nitro groups is 1. The fourth-order valence-corrected chi connectivity index (χ4v) is 1.78. The van der Waals surface area contributed by atoms with Crippen LogP contribution in [-0.2, 0) is 0 Å². The van der Waals surface area contributed by atoms with Crippen LogP contribution in [0.1, 0.15) is 6.42 Å². The van der Waals surface area contributed by atoms with Gasteiger partial charge in [-0.25, -0.2) is 0 Å². The average Bonchev–Trinajstić information content (AvgIpc) is 2.25. The second kappa shape index (κ2) is 5.65. The lowest BCUT2D eigenvalue weighted by atomic mass is 10.2. The Balaban J connectivity index is 3.03. The molecule has 5 nitrogen and oxygen atoms in total. The smallest absolute Gasteiger partial charge is 0.293 e. The van der Waals surface area contributed by atoms with Crippen molar-refractivity contribution in [3.8, 4) is 6.07 Å². The van der Waals surface area contributed by atoms with E-state index in [0.717, 1.165) is 3.57 Å². The van der Waals surface area contributed by atoms with Crippen molar-refractivity contribution >= 4 is 34.0 Å². The second-order valence-electron chi connectivity index (χ2n) is 3.22. The van der Waals surface area contributed by atoms with Gasteiger partial charge in [0.2, 0.25) is 0 Å². The van der Waals surface area contributed by atoms with Crippen LogP contribution in [0.5, 0.6) is 0 Å². The molecule has 0 aromatic heterocycles. The molecule has 0 saturated heterocycles. The predicted molar refractivity (Wildman–Crippen MR) is 69.3 cm³/mol. The van der Waals surface area contributed by atoms with Crippen LogP contribution in [0.4, 0.5) is 11.4 Å². The lowest BCUT2D eigenvalue weighted by Crippen LogP contribution is -2.19. The summed E-state index contributed by atoms with van der Waals surface area (Å²) >= 11 is 2.03. The van der Waals surface area contributed by atoms with Crippen molar-refractivity contribution in [1.29, 1.82) is 5.26 Å². The lowest BCUT2D eigenvalue weighted by molar-refractivity contribution is -0.384. The van der Waals surface area contributed by atoms with Crippen LogP contribution in [0.25, 0.3) is 0 Å². The lowest BCUT2D eigenvalue weighted by Gasteiger charge is -2.17. The number of hydrogen-bond donors (Lipinski definition) is 0. The first-order valence-electron chi connectivity index (χ1n) is 4.58. The zero-order chi connectivity index (χ0) is 12.1. The number of halogens is 1. The Bertz CT molecular complexity index is 442. The molecule has 0 unspecified atom stereocenters. The van der Waals surface area contributed by atoms with E-state index in [1.807, 2.05) is 34.7 Å². The summed E-state index contributed by atoms with van der Waals surface area (Å²) in [6, 6.07) is 7.06. The Morgan fingerprint density at radius 3 is 2.88 bits per heavy atom. The van der Waals surface area contributed by atoms with Gasteiger partial charge in [0.15, 0.2) is 0 Å². The van der Waals surface area contributed by atoms with Gasteiger partial charge in [0.25, 0.3) is 5.69 Å². The molecule has 1 aromatic rings. The molecule has 0 spiro atoms. The minimum Gasteiger partial charge on any atom is -0.368 e. The SMILES string of the molecule is CN(CCC#N)c1ccc(I)cc1[N+](=O)[O-]. The van der Waals surface area contributed by atoms with E-state index >= 15 is 0 Å². The summed E-state index contributed by atoms with van der Waals surface area (Å²) in [4.78, 5) is 12.2. The number of hydrogen-bond acceptors (Lipinski definition) is 4. The first-order chi connectivity index (χ1) is 7.56. The van der Waals surface area contributed by atoms with Gasteiger partial charge in [0.05, 0.1) is 17.4 Å². The van der Waals surface area contributed by atoms with E-state index in [-0.39, 0.29) is 5.69 Å². The van der Waals surface area contributed by atoms with Crippen molar-refractivity contribution in [3.63, 3.8) is 0 Å². The topological polar surface area (TPSA) is 70.2 Å². The zero-order valence-corrected chi connectivity index (χ0v) is 10.8. The van der Waals surface area contributed by atoms with Gasteiger partial charge in [0.1, 0.15) is 5.69 Å². The zero-order valence-electron chi connectivity index (χ0n) is 8.68. The maximum absolute atomic E-state index is 10.9. The number of nitriles is 1. The monoisotopic (exact) mass is 331 g/mol. The molecule has 0 radical (unpaired) electrons. The molecule has 1 aromatic carbocycles. The Kier molecular flexibility index (Phi) is 4.49. The molecule has 0 bridgehead atoms. The van der Waals surface area contributed by atoms with Crippen LogP contribution in [0.3, 0.4) is 0 Å². The minimum atomic E-state index is -0.402. The van der Waals surface area contributed by atoms with Gasteiger partial charge in [0, 0.05) is 23.2 Å². The molecule has 0 fully saturated rings. The summed E-state index contributed by atoms with van der Waals surface area (Å²) in [5.74, 6) is 0. The van der Waals surface area contributed by atoms with Crippen molar-refractivity contribution in [1.82, 2.24) is 0 Å². The van der Waals surface area contributed by atoms with Crippen LogP contribution in [0.15, 0.2) is 18.2 Å². The van der Waals surface area contributed by atoms with Crippen LogP contribution < -0.4 is 4.90 Å². The molecule has 0 aliphatic rings. The highest BCUT2D eigenvalue weighted by Crippen LogP contribution is 2.28. The molecule has 0 heterocycles. The van der Waals surface area contributed by atoms with Gasteiger partial charge in [-0.3, -0.25) is 10.1 Å². The highest BCUT2D eigenvalue weighted by atomic mass is 127. The maximum atomic E-state index is 10.9. The highest BCUT2D eigenvalue weighted by molar-refractivity contribution is 14.1. The van der Waals surface area contributed by atoms with E-state index in [0.29, 0.717) is 18.7 Å². The summed E-state index contributed by atoms with van der Waals surface area (Å²) < 4.78 is 0.821. The van der Waals surface area contributed by atoms with E-state index in [4.69, 9.17) is 5.26 Å². The fourth-order valence-electron chi connectivity index (χ4n) is 1.30. The number of anilines is 1. The normalized spacial score (nSPS) is 9.56. The molecular weight excluding hydrogens is 321 g/mol. The van der Waals surface area contributed by atoms with Gasteiger partial charge in [-0.1, -0.05) is 0 Å². The van der Waals surface area contributed by atoms with Crippen molar-refractivity contribution in [2.75, 3.05) is 18.5 Å². The van der Waals surface area contributed by atoms with Gasteiger partial charge in [-0.2, -0.15) is 5.26 Å². The van der Waals surface area contributed by atoms with E-state index in [2.05, 4.69) is 0 Å². The van der Waals surface area contributed by atoms with Crippen LogP contribution >= 0.6 is 22.6 Å². The van der Waals surface area contributed by atoms with Gasteiger partial charge in [-0.15, -0.1) is 0 Å². The first-order valence-corrected chi connectivity index (χ1v) is 5.66. The third-order valence-electron chi connectivity index (χ3n) is 2.10. The summed E-state index contributed by atoms with van der Waals surface area (Å²) in [5, 5.41) is 19.3. The summed E-state index contributed by atoms with van der Waals surface area (Å²) in [6.45, 7) is 0.484. The minimum absolute atomic E-state index is 0.0762. The summed E-state index contributed by atoms with van der Waals surface area (Å²) in [7, 11) is 1.74. The second-order valence-corrected chi connectivity index (χ2v) is 4.47. The van der Waals surface area contributed by atoms with Gasteiger partial charge in [-0.05, 0) is 34.7 Å². The van der Waals surface area contributed by atoms with Crippen molar-refractivity contribution in [2.24, 2.45) is 0 Å².